The van der Waals surface area contributed by atoms with Gasteiger partial charge in [-0.25, -0.2) is 0 Å². The third-order valence-corrected chi connectivity index (χ3v) is 6.35. The van der Waals surface area contributed by atoms with Crippen LogP contribution in [-0.4, -0.2) is 94.6 Å². The van der Waals surface area contributed by atoms with E-state index in [9.17, 15) is 19.2 Å². The van der Waals surface area contributed by atoms with Crippen LogP contribution in [0.4, 0.5) is 0 Å². The molecule has 2 atom stereocenters. The van der Waals surface area contributed by atoms with Crippen molar-refractivity contribution in [2.24, 2.45) is 0 Å². The molecule has 4 fully saturated rings. The first-order valence-corrected chi connectivity index (χ1v) is 10.2. The van der Waals surface area contributed by atoms with Crippen molar-refractivity contribution in [2.45, 2.75) is 57.0 Å². The fourth-order valence-corrected chi connectivity index (χ4v) is 4.89. The molecule has 4 saturated heterocycles. The lowest BCUT2D eigenvalue weighted by Crippen LogP contribution is -2.57. The number of carbonyl (C=O) groups excluding carboxylic acids is 4. The molecular weight excluding hydrogens is 348 g/mol. The Morgan fingerprint density at radius 3 is 1.56 bits per heavy atom. The maximum atomic E-state index is 12.5. The van der Waals surface area contributed by atoms with Gasteiger partial charge in [-0.15, -0.1) is 0 Å². The van der Waals surface area contributed by atoms with Gasteiger partial charge in [0.05, 0.1) is 13.1 Å². The number of amides is 4. The van der Waals surface area contributed by atoms with Gasteiger partial charge in [-0.1, -0.05) is 0 Å². The van der Waals surface area contributed by atoms with Crippen LogP contribution in [0.2, 0.25) is 0 Å². The number of hydrogen-bond donors (Lipinski definition) is 0. The molecule has 0 N–H and O–H groups in total. The van der Waals surface area contributed by atoms with Gasteiger partial charge in [0, 0.05) is 26.2 Å². The van der Waals surface area contributed by atoms with Gasteiger partial charge in [-0.3, -0.25) is 19.2 Å². The minimum Gasteiger partial charge on any atom is -0.332 e. The molecule has 4 aliphatic rings. The van der Waals surface area contributed by atoms with Crippen LogP contribution in [0.3, 0.4) is 0 Å². The quantitative estimate of drug-likeness (QED) is 0.603. The van der Waals surface area contributed by atoms with E-state index in [4.69, 9.17) is 0 Å². The second-order valence-corrected chi connectivity index (χ2v) is 8.07. The summed E-state index contributed by atoms with van der Waals surface area (Å²) in [5, 5.41) is 0. The molecule has 148 valence electrons. The maximum absolute atomic E-state index is 12.5. The van der Waals surface area contributed by atoms with Crippen molar-refractivity contribution in [3.63, 3.8) is 0 Å². The summed E-state index contributed by atoms with van der Waals surface area (Å²) in [6.45, 7) is 3.02. The lowest BCUT2D eigenvalue weighted by Gasteiger charge is -2.37. The van der Waals surface area contributed by atoms with Crippen molar-refractivity contribution in [1.82, 2.24) is 19.6 Å². The maximum Gasteiger partial charge on any atom is 0.245 e. The predicted molar refractivity (Wildman–Crippen MR) is 96.5 cm³/mol. The Hall–Kier alpha value is -2.12. The second kappa shape index (κ2) is 7.48. The zero-order chi connectivity index (χ0) is 19.0. The van der Waals surface area contributed by atoms with Gasteiger partial charge in [0.2, 0.25) is 23.6 Å². The summed E-state index contributed by atoms with van der Waals surface area (Å²) in [6, 6.07) is -0.477. The fraction of sp³-hybridized carbons (Fsp3) is 0.789. The zero-order valence-corrected chi connectivity index (χ0v) is 15.8. The van der Waals surface area contributed by atoms with Crippen LogP contribution in [0.1, 0.15) is 44.9 Å². The molecule has 0 aromatic rings. The summed E-state index contributed by atoms with van der Waals surface area (Å²) in [7, 11) is 0. The SMILES string of the molecule is O=C1[C@@H]2CCCN2C(=O)CN1CCCCCN1CC(=O)N2CCC[C@H]2C1=O. The first-order chi connectivity index (χ1) is 13.1. The van der Waals surface area contributed by atoms with Crippen LogP contribution >= 0.6 is 0 Å². The van der Waals surface area contributed by atoms with Crippen molar-refractivity contribution in [1.29, 1.82) is 0 Å². The minimum atomic E-state index is -0.238. The Labute approximate surface area is 159 Å². The molecule has 8 heteroatoms. The summed E-state index contributed by atoms with van der Waals surface area (Å²) in [6.07, 6.45) is 5.90. The normalized spacial score (nSPS) is 28.3. The number of rotatable bonds is 6. The number of piperazine rings is 2. The highest BCUT2D eigenvalue weighted by molar-refractivity contribution is 5.96. The molecule has 4 heterocycles. The summed E-state index contributed by atoms with van der Waals surface area (Å²) >= 11 is 0. The molecule has 0 bridgehead atoms. The Morgan fingerprint density at radius 1 is 0.667 bits per heavy atom. The van der Waals surface area contributed by atoms with Crippen LogP contribution in [0.15, 0.2) is 0 Å². The lowest BCUT2D eigenvalue weighted by atomic mass is 10.1. The Morgan fingerprint density at radius 2 is 1.11 bits per heavy atom. The van der Waals surface area contributed by atoms with Crippen molar-refractivity contribution >= 4 is 23.6 Å². The van der Waals surface area contributed by atoms with E-state index in [0.29, 0.717) is 26.2 Å². The van der Waals surface area contributed by atoms with E-state index in [0.717, 1.165) is 44.9 Å². The largest absolute Gasteiger partial charge is 0.332 e. The number of nitrogens with zero attached hydrogens (tertiary/aromatic N) is 4. The number of carbonyl (C=O) groups is 4. The summed E-state index contributed by atoms with van der Waals surface area (Å²) in [5.41, 5.74) is 0. The molecule has 0 aromatic heterocycles. The van der Waals surface area contributed by atoms with Crippen molar-refractivity contribution in [3.8, 4) is 0 Å². The van der Waals surface area contributed by atoms with Crippen LogP contribution in [0, 0.1) is 0 Å². The summed E-state index contributed by atoms with van der Waals surface area (Å²) in [5.74, 6) is 0.307. The molecule has 8 nitrogen and oxygen atoms in total. The molecule has 4 rings (SSSR count). The van der Waals surface area contributed by atoms with Crippen molar-refractivity contribution in [3.05, 3.63) is 0 Å². The topological polar surface area (TPSA) is 81.2 Å². The highest BCUT2D eigenvalue weighted by Gasteiger charge is 2.42. The van der Waals surface area contributed by atoms with Crippen LogP contribution < -0.4 is 0 Å². The minimum absolute atomic E-state index is 0.0654. The Bertz CT molecular complexity index is 598. The molecule has 4 amide bonds. The molecule has 27 heavy (non-hydrogen) atoms. The number of unbranched alkanes of at least 4 members (excludes halogenated alkanes) is 2. The van der Waals surface area contributed by atoms with Crippen molar-refractivity contribution in [2.75, 3.05) is 39.3 Å². The lowest BCUT2D eigenvalue weighted by molar-refractivity contribution is -0.153. The van der Waals surface area contributed by atoms with Crippen LogP contribution in [0.5, 0.6) is 0 Å². The predicted octanol–water partition coefficient (Wildman–Crippen LogP) is -0.177. The molecular formula is C19H28N4O4. The van der Waals surface area contributed by atoms with E-state index in [1.165, 1.54) is 0 Å². The average molecular weight is 376 g/mol. The van der Waals surface area contributed by atoms with E-state index >= 15 is 0 Å². The van der Waals surface area contributed by atoms with E-state index in [2.05, 4.69) is 0 Å². The van der Waals surface area contributed by atoms with E-state index < -0.39 is 0 Å². The van der Waals surface area contributed by atoms with Crippen LogP contribution in [-0.2, 0) is 19.2 Å². The van der Waals surface area contributed by atoms with E-state index in [-0.39, 0.29) is 48.8 Å². The van der Waals surface area contributed by atoms with Gasteiger partial charge >= 0.3 is 0 Å². The molecule has 4 aliphatic heterocycles. The highest BCUT2D eigenvalue weighted by atomic mass is 16.2. The van der Waals surface area contributed by atoms with Gasteiger partial charge in [0.15, 0.2) is 0 Å². The van der Waals surface area contributed by atoms with Gasteiger partial charge < -0.3 is 19.6 Å². The Balaban J connectivity index is 1.19. The number of fused-ring (bicyclic) bond motifs is 2. The average Bonchev–Trinajstić information content (AvgIpc) is 3.32. The van der Waals surface area contributed by atoms with Crippen LogP contribution in [0.25, 0.3) is 0 Å². The molecule has 0 unspecified atom stereocenters. The van der Waals surface area contributed by atoms with E-state index in [1.54, 1.807) is 19.6 Å². The number of hydrogen-bond acceptors (Lipinski definition) is 4. The smallest absolute Gasteiger partial charge is 0.245 e. The standard InChI is InChI=1S/C19H28N4O4/c24-16-12-20(18(26)14-6-4-10-22(14)16)8-2-1-3-9-21-13-17(25)23-11-5-7-15(23)19(21)27/h14-15H,1-13H2/t14-,15-/m0/s1. The highest BCUT2D eigenvalue weighted by Crippen LogP contribution is 2.25. The fourth-order valence-electron chi connectivity index (χ4n) is 4.89. The Kier molecular flexibility index (Phi) is 5.06. The first-order valence-electron chi connectivity index (χ1n) is 10.2. The molecule has 0 radical (unpaired) electrons. The second-order valence-electron chi connectivity index (χ2n) is 8.07. The third kappa shape index (κ3) is 3.41. The molecule has 0 spiro atoms. The van der Waals surface area contributed by atoms with Gasteiger partial charge in [0.25, 0.3) is 0 Å². The summed E-state index contributed by atoms with van der Waals surface area (Å²) < 4.78 is 0. The van der Waals surface area contributed by atoms with E-state index in [1.807, 2.05) is 0 Å². The van der Waals surface area contributed by atoms with Gasteiger partial charge in [-0.05, 0) is 44.9 Å². The first kappa shape index (κ1) is 18.3. The summed E-state index contributed by atoms with van der Waals surface area (Å²) in [4.78, 5) is 56.1. The zero-order valence-electron chi connectivity index (χ0n) is 15.8. The molecule has 0 saturated carbocycles. The molecule has 0 aromatic carbocycles. The van der Waals surface area contributed by atoms with Gasteiger partial charge in [-0.2, -0.15) is 0 Å². The van der Waals surface area contributed by atoms with Crippen molar-refractivity contribution < 1.29 is 19.2 Å². The third-order valence-electron chi connectivity index (χ3n) is 6.35. The monoisotopic (exact) mass is 376 g/mol. The van der Waals surface area contributed by atoms with Gasteiger partial charge in [0.1, 0.15) is 12.1 Å². The molecule has 0 aliphatic carbocycles.